The number of alkyl halides is 1. The predicted octanol–water partition coefficient (Wildman–Crippen LogP) is 3.07. The maximum Gasteiger partial charge on any atom is 0.321 e. The lowest BCUT2D eigenvalue weighted by atomic mass is 10.3. The Kier molecular flexibility index (Phi) is 5.25. The van der Waals surface area contributed by atoms with Crippen molar-refractivity contribution >= 4 is 27.6 Å². The van der Waals surface area contributed by atoms with Crippen LogP contribution in [0.3, 0.4) is 0 Å². The van der Waals surface area contributed by atoms with Crippen LogP contribution >= 0.6 is 15.9 Å². The van der Waals surface area contributed by atoms with Crippen LogP contribution in [0.4, 0.5) is 14.9 Å². The normalized spacial score (nSPS) is 9.94. The van der Waals surface area contributed by atoms with Crippen LogP contribution in [-0.4, -0.2) is 29.9 Å². The highest BCUT2D eigenvalue weighted by Gasteiger charge is 2.07. The molecule has 0 atom stereocenters. The van der Waals surface area contributed by atoms with E-state index in [1.165, 1.54) is 12.1 Å². The number of nitrogens with one attached hydrogen (secondary N) is 1. The summed E-state index contributed by atoms with van der Waals surface area (Å²) in [6.07, 6.45) is 0.882. The van der Waals surface area contributed by atoms with Crippen molar-refractivity contribution in [3.8, 4) is 0 Å². The van der Waals surface area contributed by atoms with Gasteiger partial charge in [0.15, 0.2) is 0 Å². The number of hydrogen-bond acceptors (Lipinski definition) is 1. The van der Waals surface area contributed by atoms with E-state index < -0.39 is 0 Å². The van der Waals surface area contributed by atoms with E-state index >= 15 is 0 Å². The lowest BCUT2D eigenvalue weighted by Gasteiger charge is -2.17. The molecule has 0 unspecified atom stereocenters. The summed E-state index contributed by atoms with van der Waals surface area (Å²) < 4.78 is 12.9. The van der Waals surface area contributed by atoms with Crippen LogP contribution in [0, 0.1) is 5.82 Å². The average molecular weight is 289 g/mol. The minimum absolute atomic E-state index is 0.230. The molecule has 0 aromatic heterocycles. The maximum atomic E-state index is 12.9. The summed E-state index contributed by atoms with van der Waals surface area (Å²) in [4.78, 5) is 13.2. The molecule has 0 aliphatic carbocycles. The SMILES string of the molecule is CN(CCCBr)C(=O)Nc1cccc(F)c1. The van der Waals surface area contributed by atoms with Crippen molar-refractivity contribution in [2.24, 2.45) is 0 Å². The zero-order valence-corrected chi connectivity index (χ0v) is 10.6. The third kappa shape index (κ3) is 4.18. The molecule has 16 heavy (non-hydrogen) atoms. The second-order valence-corrected chi connectivity index (χ2v) is 4.20. The number of nitrogens with zero attached hydrogens (tertiary/aromatic N) is 1. The van der Waals surface area contributed by atoms with E-state index in [0.29, 0.717) is 12.2 Å². The van der Waals surface area contributed by atoms with Crippen molar-refractivity contribution in [1.82, 2.24) is 4.90 Å². The molecule has 0 heterocycles. The molecule has 0 aliphatic heterocycles. The molecule has 0 spiro atoms. The molecular formula is C11H14BrFN2O. The molecule has 3 nitrogen and oxygen atoms in total. The Morgan fingerprint density at radius 2 is 2.31 bits per heavy atom. The molecule has 0 saturated heterocycles. The third-order valence-electron chi connectivity index (χ3n) is 2.05. The second-order valence-electron chi connectivity index (χ2n) is 3.40. The fraction of sp³-hybridized carbons (Fsp3) is 0.364. The molecule has 1 N–H and O–H groups in total. The van der Waals surface area contributed by atoms with Crippen LogP contribution in [-0.2, 0) is 0 Å². The summed E-state index contributed by atoms with van der Waals surface area (Å²) in [5.41, 5.74) is 0.468. The number of anilines is 1. The monoisotopic (exact) mass is 288 g/mol. The Balaban J connectivity index is 2.50. The smallest absolute Gasteiger partial charge is 0.321 e. The van der Waals surface area contributed by atoms with Gasteiger partial charge in [-0.1, -0.05) is 22.0 Å². The number of halogens is 2. The van der Waals surface area contributed by atoms with Gasteiger partial charge in [-0.05, 0) is 24.6 Å². The average Bonchev–Trinajstić information content (AvgIpc) is 2.25. The quantitative estimate of drug-likeness (QED) is 0.849. The summed E-state index contributed by atoms with van der Waals surface area (Å²) in [7, 11) is 1.71. The first-order chi connectivity index (χ1) is 7.63. The van der Waals surface area contributed by atoms with Gasteiger partial charge in [0.2, 0.25) is 0 Å². The molecule has 1 aromatic carbocycles. The summed E-state index contributed by atoms with van der Waals surface area (Å²) in [5.74, 6) is -0.360. The number of rotatable bonds is 4. The van der Waals surface area contributed by atoms with Crippen LogP contribution in [0.1, 0.15) is 6.42 Å². The molecule has 1 aromatic rings. The maximum absolute atomic E-state index is 12.9. The van der Waals surface area contributed by atoms with Gasteiger partial charge in [-0.3, -0.25) is 0 Å². The van der Waals surface area contributed by atoms with Crippen molar-refractivity contribution in [2.75, 3.05) is 24.2 Å². The predicted molar refractivity (Wildman–Crippen MR) is 66.5 cm³/mol. The van der Waals surface area contributed by atoms with Gasteiger partial charge in [-0.15, -0.1) is 0 Å². The second kappa shape index (κ2) is 6.48. The van der Waals surface area contributed by atoms with Gasteiger partial charge < -0.3 is 10.2 Å². The molecule has 88 valence electrons. The topological polar surface area (TPSA) is 32.3 Å². The molecule has 1 rings (SSSR count). The van der Waals surface area contributed by atoms with Crippen molar-refractivity contribution in [2.45, 2.75) is 6.42 Å². The third-order valence-corrected chi connectivity index (χ3v) is 2.61. The molecule has 0 aliphatic rings. The van der Waals surface area contributed by atoms with Gasteiger partial charge in [0.1, 0.15) is 5.82 Å². The van der Waals surface area contributed by atoms with E-state index in [2.05, 4.69) is 21.2 Å². The zero-order valence-electron chi connectivity index (χ0n) is 9.04. The number of carbonyl (C=O) groups is 1. The Morgan fingerprint density at radius 3 is 2.94 bits per heavy atom. The lowest BCUT2D eigenvalue weighted by Crippen LogP contribution is -2.32. The highest BCUT2D eigenvalue weighted by atomic mass is 79.9. The number of amides is 2. The molecule has 0 saturated carbocycles. The van der Waals surface area contributed by atoms with E-state index in [9.17, 15) is 9.18 Å². The summed E-state index contributed by atoms with van der Waals surface area (Å²) in [6, 6.07) is 5.61. The summed E-state index contributed by atoms with van der Waals surface area (Å²) in [6.45, 7) is 0.659. The molecule has 0 fully saturated rings. The van der Waals surface area contributed by atoms with Crippen LogP contribution in [0.15, 0.2) is 24.3 Å². The largest absolute Gasteiger partial charge is 0.328 e. The van der Waals surface area contributed by atoms with E-state index in [1.807, 2.05) is 0 Å². The summed E-state index contributed by atoms with van der Waals surface area (Å²) in [5, 5.41) is 3.47. The highest BCUT2D eigenvalue weighted by molar-refractivity contribution is 9.09. The van der Waals surface area contributed by atoms with Crippen LogP contribution < -0.4 is 5.32 Å². The molecular weight excluding hydrogens is 275 g/mol. The van der Waals surface area contributed by atoms with Crippen LogP contribution in [0.25, 0.3) is 0 Å². The van der Waals surface area contributed by atoms with Crippen LogP contribution in [0.5, 0.6) is 0 Å². The standard InChI is InChI=1S/C11H14BrFN2O/c1-15(7-3-6-12)11(16)14-10-5-2-4-9(13)8-10/h2,4-5,8H,3,6-7H2,1H3,(H,14,16). The number of hydrogen-bond donors (Lipinski definition) is 1. The highest BCUT2D eigenvalue weighted by Crippen LogP contribution is 2.09. The first kappa shape index (κ1) is 13.0. The van der Waals surface area contributed by atoms with Gasteiger partial charge in [-0.25, -0.2) is 9.18 Å². The first-order valence-electron chi connectivity index (χ1n) is 4.97. The van der Waals surface area contributed by atoms with Gasteiger partial charge in [0.05, 0.1) is 0 Å². The first-order valence-corrected chi connectivity index (χ1v) is 6.09. The van der Waals surface area contributed by atoms with E-state index in [-0.39, 0.29) is 11.8 Å². The van der Waals surface area contributed by atoms with Gasteiger partial charge in [0, 0.05) is 24.6 Å². The van der Waals surface area contributed by atoms with E-state index in [0.717, 1.165) is 11.8 Å². The van der Waals surface area contributed by atoms with Crippen molar-refractivity contribution < 1.29 is 9.18 Å². The number of benzene rings is 1. The van der Waals surface area contributed by atoms with Gasteiger partial charge in [0.25, 0.3) is 0 Å². The van der Waals surface area contributed by atoms with E-state index in [1.54, 1.807) is 24.1 Å². The fourth-order valence-electron chi connectivity index (χ4n) is 1.18. The van der Waals surface area contributed by atoms with Crippen molar-refractivity contribution in [3.63, 3.8) is 0 Å². The Hall–Kier alpha value is -1.10. The van der Waals surface area contributed by atoms with Crippen molar-refractivity contribution in [3.05, 3.63) is 30.1 Å². The number of carbonyl (C=O) groups excluding carboxylic acids is 1. The van der Waals surface area contributed by atoms with Crippen molar-refractivity contribution in [1.29, 1.82) is 0 Å². The minimum atomic E-state index is -0.360. The molecule has 0 radical (unpaired) electrons. The van der Waals surface area contributed by atoms with E-state index in [4.69, 9.17) is 0 Å². The molecule has 5 heteroatoms. The Morgan fingerprint density at radius 1 is 1.56 bits per heavy atom. The van der Waals surface area contributed by atoms with Gasteiger partial charge >= 0.3 is 6.03 Å². The molecule has 0 bridgehead atoms. The molecule has 2 amide bonds. The fourth-order valence-corrected chi connectivity index (χ4v) is 1.43. The lowest BCUT2D eigenvalue weighted by molar-refractivity contribution is 0.222. The Labute approximate surface area is 103 Å². The minimum Gasteiger partial charge on any atom is -0.328 e. The number of urea groups is 1. The van der Waals surface area contributed by atoms with Gasteiger partial charge in [-0.2, -0.15) is 0 Å². The summed E-state index contributed by atoms with van der Waals surface area (Å²) >= 11 is 3.30. The Bertz CT molecular complexity index is 360. The van der Waals surface area contributed by atoms with Crippen LogP contribution in [0.2, 0.25) is 0 Å². The zero-order chi connectivity index (χ0) is 12.0.